The molecular formula is C14H12FNO2. The Morgan fingerprint density at radius 3 is 3.00 bits per heavy atom. The van der Waals surface area contributed by atoms with Crippen molar-refractivity contribution >= 4 is 16.8 Å². The number of furan rings is 1. The Morgan fingerprint density at radius 2 is 2.28 bits per heavy atom. The molecule has 1 aromatic carbocycles. The molecule has 0 aliphatic rings. The zero-order valence-corrected chi connectivity index (χ0v) is 9.94. The molecule has 0 fully saturated rings. The maximum absolute atomic E-state index is 13.0. The Kier molecular flexibility index (Phi) is 3.45. The molecule has 0 radical (unpaired) electrons. The van der Waals surface area contributed by atoms with Crippen molar-refractivity contribution in [3.8, 4) is 12.3 Å². The zero-order chi connectivity index (χ0) is 13.1. The maximum Gasteiger partial charge on any atom is 0.211 e. The predicted octanol–water partition coefficient (Wildman–Crippen LogP) is 2.32. The van der Waals surface area contributed by atoms with Gasteiger partial charge in [0.05, 0.1) is 13.1 Å². The number of nitrogens with zero attached hydrogens (tertiary/aromatic N) is 1. The Balaban J connectivity index is 2.21. The molecular weight excluding hydrogens is 233 g/mol. The zero-order valence-electron chi connectivity index (χ0n) is 9.94. The molecule has 1 heterocycles. The van der Waals surface area contributed by atoms with Gasteiger partial charge in [0.15, 0.2) is 5.76 Å². The molecule has 1 aromatic heterocycles. The van der Waals surface area contributed by atoms with Crippen molar-refractivity contribution in [3.05, 3.63) is 35.8 Å². The molecule has 0 saturated carbocycles. The number of hydrogen-bond acceptors (Lipinski definition) is 3. The van der Waals surface area contributed by atoms with Gasteiger partial charge in [0, 0.05) is 11.5 Å². The summed E-state index contributed by atoms with van der Waals surface area (Å²) >= 11 is 0. The Hall–Kier alpha value is -2.12. The molecule has 18 heavy (non-hydrogen) atoms. The smallest absolute Gasteiger partial charge is 0.211 e. The third-order valence-electron chi connectivity index (χ3n) is 2.53. The lowest BCUT2D eigenvalue weighted by Gasteiger charge is -2.10. The number of fused-ring (bicyclic) bond motifs is 1. The lowest BCUT2D eigenvalue weighted by molar-refractivity contribution is 0.0927. The van der Waals surface area contributed by atoms with Crippen LogP contribution in [0.2, 0.25) is 0 Å². The summed E-state index contributed by atoms with van der Waals surface area (Å²) in [5, 5.41) is 0.708. The average molecular weight is 245 g/mol. The lowest BCUT2D eigenvalue weighted by atomic mass is 10.2. The van der Waals surface area contributed by atoms with Gasteiger partial charge >= 0.3 is 0 Å². The van der Waals surface area contributed by atoms with Gasteiger partial charge < -0.3 is 4.42 Å². The van der Waals surface area contributed by atoms with E-state index in [0.717, 1.165) is 0 Å². The summed E-state index contributed by atoms with van der Waals surface area (Å²) in [5.41, 5.74) is 0.373. The minimum absolute atomic E-state index is 0.173. The molecule has 0 aliphatic heterocycles. The van der Waals surface area contributed by atoms with Crippen molar-refractivity contribution in [2.75, 3.05) is 20.1 Å². The van der Waals surface area contributed by atoms with Gasteiger partial charge in [-0.05, 0) is 25.2 Å². The standard InChI is InChI=1S/C14H12FNO2/c1-3-6-16(2)9-12(17)14-7-10-4-5-11(15)8-13(10)18-14/h1,4-5,7-8H,6,9H2,2H3. The molecule has 0 atom stereocenters. The molecule has 92 valence electrons. The fourth-order valence-electron chi connectivity index (χ4n) is 1.68. The van der Waals surface area contributed by atoms with Gasteiger partial charge in [0.1, 0.15) is 11.4 Å². The first-order chi connectivity index (χ1) is 8.60. The molecule has 0 spiro atoms. The highest BCUT2D eigenvalue weighted by molar-refractivity contribution is 5.98. The summed E-state index contributed by atoms with van der Waals surface area (Å²) < 4.78 is 18.3. The van der Waals surface area contributed by atoms with Crippen LogP contribution in [-0.2, 0) is 0 Å². The predicted molar refractivity (Wildman–Crippen MR) is 66.8 cm³/mol. The highest BCUT2D eigenvalue weighted by atomic mass is 19.1. The molecule has 0 bridgehead atoms. The molecule has 0 saturated heterocycles. The van der Waals surface area contributed by atoms with Crippen molar-refractivity contribution in [1.82, 2.24) is 4.90 Å². The summed E-state index contributed by atoms with van der Waals surface area (Å²) in [6.07, 6.45) is 5.15. The quantitative estimate of drug-likeness (QED) is 0.612. The molecule has 4 heteroatoms. The normalized spacial score (nSPS) is 10.8. The van der Waals surface area contributed by atoms with E-state index in [1.807, 2.05) is 0 Å². The van der Waals surface area contributed by atoms with Gasteiger partial charge in [-0.15, -0.1) is 6.42 Å². The number of benzene rings is 1. The molecule has 2 rings (SSSR count). The van der Waals surface area contributed by atoms with E-state index in [0.29, 0.717) is 17.5 Å². The number of ketones is 1. The largest absolute Gasteiger partial charge is 0.453 e. The van der Waals surface area contributed by atoms with E-state index in [-0.39, 0.29) is 23.9 Å². The van der Waals surface area contributed by atoms with Gasteiger partial charge in [0.25, 0.3) is 0 Å². The van der Waals surface area contributed by atoms with Crippen molar-refractivity contribution in [2.24, 2.45) is 0 Å². The van der Waals surface area contributed by atoms with Gasteiger partial charge in [-0.1, -0.05) is 5.92 Å². The first-order valence-corrected chi connectivity index (χ1v) is 5.44. The minimum Gasteiger partial charge on any atom is -0.453 e. The SMILES string of the molecule is C#CCN(C)CC(=O)c1cc2ccc(F)cc2o1. The van der Waals surface area contributed by atoms with Crippen LogP contribution in [0, 0.1) is 18.2 Å². The van der Waals surface area contributed by atoms with Crippen LogP contribution >= 0.6 is 0 Å². The molecule has 0 N–H and O–H groups in total. The van der Waals surface area contributed by atoms with Crippen LogP contribution in [0.15, 0.2) is 28.7 Å². The van der Waals surface area contributed by atoms with E-state index in [2.05, 4.69) is 5.92 Å². The van der Waals surface area contributed by atoms with Gasteiger partial charge in [-0.2, -0.15) is 0 Å². The fourth-order valence-corrected chi connectivity index (χ4v) is 1.68. The number of likely N-dealkylation sites (N-methyl/N-ethyl adjacent to an activating group) is 1. The number of carbonyl (C=O) groups excluding carboxylic acids is 1. The number of rotatable bonds is 4. The second kappa shape index (κ2) is 5.03. The van der Waals surface area contributed by atoms with Gasteiger partial charge in [0.2, 0.25) is 5.78 Å². The number of halogens is 1. The summed E-state index contributed by atoms with van der Waals surface area (Å²) in [6.45, 7) is 0.563. The number of hydrogen-bond donors (Lipinski definition) is 0. The molecule has 0 amide bonds. The third kappa shape index (κ3) is 2.58. The summed E-state index contributed by atoms with van der Waals surface area (Å²) in [6, 6.07) is 5.78. The Labute approximate surface area is 104 Å². The molecule has 3 nitrogen and oxygen atoms in total. The third-order valence-corrected chi connectivity index (χ3v) is 2.53. The van der Waals surface area contributed by atoms with E-state index < -0.39 is 0 Å². The number of terminal acetylenes is 1. The Bertz CT molecular complexity index is 624. The first-order valence-electron chi connectivity index (χ1n) is 5.44. The highest BCUT2D eigenvalue weighted by Gasteiger charge is 2.14. The summed E-state index contributed by atoms with van der Waals surface area (Å²) in [7, 11) is 1.75. The Morgan fingerprint density at radius 1 is 1.50 bits per heavy atom. The van der Waals surface area contributed by atoms with Crippen molar-refractivity contribution in [3.63, 3.8) is 0 Å². The van der Waals surface area contributed by atoms with Crippen LogP contribution in [0.25, 0.3) is 11.0 Å². The van der Waals surface area contributed by atoms with Crippen molar-refractivity contribution in [2.45, 2.75) is 0 Å². The fraction of sp³-hybridized carbons (Fsp3) is 0.214. The topological polar surface area (TPSA) is 33.5 Å². The van der Waals surface area contributed by atoms with Gasteiger partial charge in [-0.25, -0.2) is 4.39 Å². The minimum atomic E-state index is -0.389. The second-order valence-corrected chi connectivity index (χ2v) is 4.09. The monoisotopic (exact) mass is 245 g/mol. The van der Waals surface area contributed by atoms with E-state index in [4.69, 9.17) is 10.8 Å². The van der Waals surface area contributed by atoms with Crippen LogP contribution in [0.5, 0.6) is 0 Å². The van der Waals surface area contributed by atoms with Crippen LogP contribution in [0.1, 0.15) is 10.6 Å². The van der Waals surface area contributed by atoms with E-state index in [1.165, 1.54) is 12.1 Å². The van der Waals surface area contributed by atoms with Crippen LogP contribution < -0.4 is 0 Å². The second-order valence-electron chi connectivity index (χ2n) is 4.09. The molecule has 0 aliphatic carbocycles. The van der Waals surface area contributed by atoms with Crippen LogP contribution in [-0.4, -0.2) is 30.8 Å². The first kappa shape index (κ1) is 12.3. The maximum atomic E-state index is 13.0. The summed E-state index contributed by atoms with van der Waals surface area (Å²) in [5.74, 6) is 2.11. The summed E-state index contributed by atoms with van der Waals surface area (Å²) in [4.78, 5) is 13.6. The van der Waals surface area contributed by atoms with Crippen LogP contribution in [0.3, 0.4) is 0 Å². The van der Waals surface area contributed by atoms with Crippen molar-refractivity contribution < 1.29 is 13.6 Å². The molecule has 2 aromatic rings. The highest BCUT2D eigenvalue weighted by Crippen LogP contribution is 2.20. The average Bonchev–Trinajstić information content (AvgIpc) is 2.72. The van der Waals surface area contributed by atoms with E-state index in [1.54, 1.807) is 24.1 Å². The van der Waals surface area contributed by atoms with Crippen molar-refractivity contribution in [1.29, 1.82) is 0 Å². The lowest BCUT2D eigenvalue weighted by Crippen LogP contribution is -2.26. The van der Waals surface area contributed by atoms with Gasteiger partial charge in [-0.3, -0.25) is 9.69 Å². The van der Waals surface area contributed by atoms with E-state index in [9.17, 15) is 9.18 Å². The molecule has 0 unspecified atom stereocenters. The number of Topliss-reactive ketones (excluding diaryl/α,β-unsaturated/α-hetero) is 1. The number of carbonyl (C=O) groups is 1. The van der Waals surface area contributed by atoms with E-state index >= 15 is 0 Å². The van der Waals surface area contributed by atoms with Crippen LogP contribution in [0.4, 0.5) is 4.39 Å².